The molecular weight excluding hydrogens is 430 g/mol. The third-order valence-corrected chi connectivity index (χ3v) is 10.4. The van der Waals surface area contributed by atoms with Crippen molar-refractivity contribution in [1.29, 1.82) is 0 Å². The summed E-state index contributed by atoms with van der Waals surface area (Å²) in [5.41, 5.74) is -0.753. The summed E-state index contributed by atoms with van der Waals surface area (Å²) < 4.78 is 18.0. The molecule has 0 radical (unpaired) electrons. The maximum Gasteiger partial charge on any atom is 0.416 e. The number of hydrogen-bond acceptors (Lipinski definition) is 6. The molecule has 178 valence electrons. The van der Waals surface area contributed by atoms with Crippen molar-refractivity contribution in [3.05, 3.63) is 12.2 Å². The molecule has 1 aliphatic rings. The largest absolute Gasteiger partial charge is 0.458 e. The Morgan fingerprint density at radius 3 is 1.77 bits per heavy atom. The van der Waals surface area contributed by atoms with Gasteiger partial charge >= 0.3 is 12.1 Å². The van der Waals surface area contributed by atoms with Crippen molar-refractivity contribution in [2.75, 3.05) is 0 Å². The number of carbonyl (C=O) groups excluding carboxylic acids is 2. The fourth-order valence-electron chi connectivity index (χ4n) is 3.01. The number of hydrogen-bond donors (Lipinski definition) is 0. The molecule has 0 N–H and O–H groups in total. The summed E-state index contributed by atoms with van der Waals surface area (Å²) in [6, 6.07) is -1.04. The predicted octanol–water partition coefficient (Wildman–Crippen LogP) is 5.86. The standard InChI is InChI=1S/C23H41NO5SSi/c1-14(2)15-17(29-31(12,13)23(9,10)11)16(19(25)27-21(3,4)5)24(18(15)30)20(26)28-22(6,7)8/h15-17H,1H2,2-13H3/t15-,16-,17-/m0/s1. The summed E-state index contributed by atoms with van der Waals surface area (Å²) in [5.74, 6) is -1.04. The molecule has 6 nitrogen and oxygen atoms in total. The van der Waals surface area contributed by atoms with Gasteiger partial charge in [-0.15, -0.1) is 0 Å². The number of esters is 1. The van der Waals surface area contributed by atoms with Gasteiger partial charge in [0.2, 0.25) is 0 Å². The highest BCUT2D eigenvalue weighted by Gasteiger charge is 2.57. The zero-order valence-corrected chi connectivity index (χ0v) is 23.2. The van der Waals surface area contributed by atoms with E-state index >= 15 is 0 Å². The van der Waals surface area contributed by atoms with Gasteiger partial charge in [0, 0.05) is 0 Å². The first-order valence-corrected chi connectivity index (χ1v) is 14.0. The summed E-state index contributed by atoms with van der Waals surface area (Å²) in [7, 11) is -2.33. The number of rotatable bonds is 4. The molecule has 0 aromatic rings. The Hall–Kier alpha value is -1.25. The minimum Gasteiger partial charge on any atom is -0.458 e. The minimum atomic E-state index is -2.33. The second-order valence-corrected chi connectivity index (χ2v) is 17.0. The van der Waals surface area contributed by atoms with E-state index in [0.717, 1.165) is 5.57 Å². The van der Waals surface area contributed by atoms with Crippen LogP contribution in [0, 0.1) is 5.92 Å². The van der Waals surface area contributed by atoms with E-state index in [0.29, 0.717) is 0 Å². The van der Waals surface area contributed by atoms with E-state index in [1.165, 1.54) is 4.90 Å². The van der Waals surface area contributed by atoms with Gasteiger partial charge in [-0.05, 0) is 66.6 Å². The lowest BCUT2D eigenvalue weighted by atomic mass is 9.95. The molecule has 1 fully saturated rings. The van der Waals surface area contributed by atoms with Crippen LogP contribution in [0.2, 0.25) is 18.1 Å². The topological polar surface area (TPSA) is 65.1 Å². The smallest absolute Gasteiger partial charge is 0.416 e. The Labute approximate surface area is 194 Å². The number of nitrogens with zero attached hydrogens (tertiary/aromatic N) is 1. The molecule has 1 rings (SSSR count). The number of likely N-dealkylation sites (tertiary alicyclic amines) is 1. The lowest BCUT2D eigenvalue weighted by Crippen LogP contribution is -2.54. The van der Waals surface area contributed by atoms with Crippen LogP contribution in [0.4, 0.5) is 4.79 Å². The third kappa shape index (κ3) is 6.86. The molecular formula is C23H41NO5SSi. The molecule has 1 aliphatic heterocycles. The molecule has 31 heavy (non-hydrogen) atoms. The molecule has 0 aromatic heterocycles. The van der Waals surface area contributed by atoms with E-state index in [9.17, 15) is 9.59 Å². The van der Waals surface area contributed by atoms with Crippen LogP contribution in [-0.2, 0) is 18.7 Å². The summed E-state index contributed by atoms with van der Waals surface area (Å²) >= 11 is 5.69. The van der Waals surface area contributed by atoms with Crippen LogP contribution in [0.1, 0.15) is 69.2 Å². The SMILES string of the molecule is C=C(C)[C@@H]1C(=S)N(C(=O)OC(C)(C)C)[C@H](C(=O)OC(C)(C)C)[C@H]1O[Si](C)(C)C(C)(C)C. The molecule has 0 saturated carbocycles. The highest BCUT2D eigenvalue weighted by molar-refractivity contribution is 7.80. The number of ether oxygens (including phenoxy) is 2. The summed E-state index contributed by atoms with van der Waals surface area (Å²) in [5, 5.41) is -0.105. The first kappa shape index (κ1) is 27.8. The van der Waals surface area contributed by atoms with E-state index in [4.69, 9.17) is 26.1 Å². The molecule has 0 unspecified atom stereocenters. The summed E-state index contributed by atoms with van der Waals surface area (Å²) in [4.78, 5) is 28.1. The maximum atomic E-state index is 13.4. The average molecular weight is 472 g/mol. The highest BCUT2D eigenvalue weighted by Crippen LogP contribution is 2.43. The number of carbonyl (C=O) groups is 2. The maximum absolute atomic E-state index is 13.4. The summed E-state index contributed by atoms with van der Waals surface area (Å²) in [6.45, 7) is 27.2. The third-order valence-electron chi connectivity index (χ3n) is 5.43. The molecule has 1 heterocycles. The first-order valence-electron chi connectivity index (χ1n) is 10.7. The Kier molecular flexibility index (Phi) is 8.01. The van der Waals surface area contributed by atoms with Gasteiger partial charge in [0.05, 0.1) is 17.0 Å². The minimum absolute atomic E-state index is 0.105. The van der Waals surface area contributed by atoms with Gasteiger partial charge in [0.25, 0.3) is 0 Å². The monoisotopic (exact) mass is 471 g/mol. The lowest BCUT2D eigenvalue weighted by molar-refractivity contribution is -0.162. The van der Waals surface area contributed by atoms with Crippen LogP contribution in [-0.4, -0.2) is 53.6 Å². The van der Waals surface area contributed by atoms with Crippen LogP contribution in [0.25, 0.3) is 0 Å². The molecule has 0 bridgehead atoms. The number of thiocarbonyl (C=S) groups is 1. The zero-order valence-electron chi connectivity index (χ0n) is 21.3. The molecule has 3 atom stereocenters. The Bertz CT molecular complexity index is 743. The zero-order chi connectivity index (χ0) is 24.7. The molecule has 0 aliphatic carbocycles. The second-order valence-electron chi connectivity index (χ2n) is 11.8. The van der Waals surface area contributed by atoms with Gasteiger partial charge in [0.1, 0.15) is 11.2 Å². The van der Waals surface area contributed by atoms with Crippen LogP contribution in [0.3, 0.4) is 0 Å². The van der Waals surface area contributed by atoms with Gasteiger partial charge < -0.3 is 13.9 Å². The van der Waals surface area contributed by atoms with E-state index in [-0.39, 0.29) is 10.0 Å². The fourth-order valence-corrected chi connectivity index (χ4v) is 4.84. The van der Waals surface area contributed by atoms with Crippen LogP contribution in [0.15, 0.2) is 12.2 Å². The van der Waals surface area contributed by atoms with Crippen molar-refractivity contribution in [2.45, 2.75) is 111 Å². The summed E-state index contributed by atoms with van der Waals surface area (Å²) in [6.07, 6.45) is -1.37. The van der Waals surface area contributed by atoms with Crippen molar-refractivity contribution in [3.8, 4) is 0 Å². The Morgan fingerprint density at radius 1 is 0.968 bits per heavy atom. The van der Waals surface area contributed by atoms with Gasteiger partial charge in [-0.2, -0.15) is 0 Å². The molecule has 1 saturated heterocycles. The molecule has 0 spiro atoms. The molecule has 1 amide bonds. The van der Waals surface area contributed by atoms with Gasteiger partial charge in [-0.1, -0.05) is 45.1 Å². The van der Waals surface area contributed by atoms with Crippen molar-refractivity contribution >= 4 is 37.6 Å². The Morgan fingerprint density at radius 2 is 1.42 bits per heavy atom. The average Bonchev–Trinajstić information content (AvgIpc) is 2.74. The van der Waals surface area contributed by atoms with Crippen molar-refractivity contribution in [2.24, 2.45) is 5.92 Å². The van der Waals surface area contributed by atoms with E-state index < -0.39 is 49.6 Å². The van der Waals surface area contributed by atoms with Gasteiger partial charge in [0.15, 0.2) is 14.4 Å². The van der Waals surface area contributed by atoms with Crippen molar-refractivity contribution in [1.82, 2.24) is 4.90 Å². The fraction of sp³-hybridized carbons (Fsp3) is 0.783. The van der Waals surface area contributed by atoms with E-state index in [2.05, 4.69) is 40.4 Å². The number of amides is 1. The lowest BCUT2D eigenvalue weighted by Gasteiger charge is -2.41. The van der Waals surface area contributed by atoms with Gasteiger partial charge in [-0.25, -0.2) is 9.59 Å². The Balaban J connectivity index is 3.59. The van der Waals surface area contributed by atoms with E-state index in [1.807, 2.05) is 6.92 Å². The van der Waals surface area contributed by atoms with Crippen LogP contribution in [0.5, 0.6) is 0 Å². The molecule has 8 heteroatoms. The highest BCUT2D eigenvalue weighted by atomic mass is 32.1. The predicted molar refractivity (Wildman–Crippen MR) is 131 cm³/mol. The quantitative estimate of drug-likeness (QED) is 0.221. The van der Waals surface area contributed by atoms with Crippen LogP contribution < -0.4 is 0 Å². The second kappa shape index (κ2) is 8.94. The van der Waals surface area contributed by atoms with Crippen molar-refractivity contribution in [3.63, 3.8) is 0 Å². The molecule has 0 aromatic carbocycles. The van der Waals surface area contributed by atoms with Crippen LogP contribution >= 0.6 is 12.2 Å². The van der Waals surface area contributed by atoms with Gasteiger partial charge in [-0.3, -0.25) is 4.90 Å². The normalized spacial score (nSPS) is 23.0. The van der Waals surface area contributed by atoms with E-state index in [1.54, 1.807) is 41.5 Å². The van der Waals surface area contributed by atoms with Crippen molar-refractivity contribution < 1.29 is 23.5 Å². The first-order chi connectivity index (χ1) is 13.6.